The molecule has 0 aliphatic heterocycles. The van der Waals surface area contributed by atoms with Crippen LogP contribution >= 0.6 is 0 Å². The maximum Gasteiger partial charge on any atom is 0.393 e. The predicted molar refractivity (Wildman–Crippen MR) is 99.6 cm³/mol. The van der Waals surface area contributed by atoms with Gasteiger partial charge in [0.05, 0.1) is 24.7 Å². The van der Waals surface area contributed by atoms with Gasteiger partial charge in [0, 0.05) is 0 Å². The second-order valence-corrected chi connectivity index (χ2v) is 5.46. The number of nitro groups is 1. The number of methoxy groups -OCH3 is 2. The van der Waals surface area contributed by atoms with Gasteiger partial charge >= 0.3 is 23.4 Å². The number of esters is 1. The summed E-state index contributed by atoms with van der Waals surface area (Å²) in [7, 11) is 2.71. The lowest BCUT2D eigenvalue weighted by atomic mass is 10.2. The van der Waals surface area contributed by atoms with Crippen molar-refractivity contribution in [1.82, 2.24) is 9.97 Å². The van der Waals surface area contributed by atoms with E-state index in [2.05, 4.69) is 14.7 Å². The van der Waals surface area contributed by atoms with Crippen LogP contribution in [0.25, 0.3) is 0 Å². The number of para-hydroxylation sites is 2. The molecule has 0 saturated heterocycles. The van der Waals surface area contributed by atoms with Crippen molar-refractivity contribution in [2.45, 2.75) is 0 Å². The zero-order chi connectivity index (χ0) is 20.8. The first kappa shape index (κ1) is 19.5. The van der Waals surface area contributed by atoms with Crippen LogP contribution in [0.4, 0.5) is 5.69 Å². The molecule has 0 N–H and O–H groups in total. The van der Waals surface area contributed by atoms with Crippen LogP contribution in [0, 0.1) is 10.1 Å². The molecule has 1 heterocycles. The molecule has 1 aromatic heterocycles. The van der Waals surface area contributed by atoms with Crippen molar-refractivity contribution in [3.8, 4) is 29.0 Å². The summed E-state index contributed by atoms with van der Waals surface area (Å²) in [6.45, 7) is 0. The highest BCUT2D eigenvalue weighted by molar-refractivity contribution is 5.89. The molecule has 0 radical (unpaired) electrons. The van der Waals surface area contributed by atoms with Crippen molar-refractivity contribution in [3.63, 3.8) is 0 Å². The second kappa shape index (κ2) is 8.65. The van der Waals surface area contributed by atoms with E-state index in [1.807, 2.05) is 0 Å². The summed E-state index contributed by atoms with van der Waals surface area (Å²) in [5.41, 5.74) is -0.257. The molecular weight excluding hydrogens is 382 g/mol. The molecule has 0 spiro atoms. The number of aromatic nitrogens is 2. The van der Waals surface area contributed by atoms with E-state index in [0.717, 1.165) is 6.33 Å². The average Bonchev–Trinajstić information content (AvgIpc) is 2.74. The molecule has 2 aromatic carbocycles. The van der Waals surface area contributed by atoms with Crippen LogP contribution in [0.3, 0.4) is 0 Å². The van der Waals surface area contributed by atoms with Crippen LogP contribution in [-0.4, -0.2) is 35.1 Å². The number of ether oxygens (including phenoxy) is 4. The number of carbonyl (C=O) groups is 1. The normalized spacial score (nSPS) is 10.1. The first-order valence-corrected chi connectivity index (χ1v) is 8.20. The smallest absolute Gasteiger partial charge is 0.393 e. The van der Waals surface area contributed by atoms with Crippen LogP contribution in [-0.2, 0) is 4.74 Å². The molecule has 3 aromatic rings. The van der Waals surface area contributed by atoms with Crippen molar-refractivity contribution in [2.24, 2.45) is 0 Å². The Kier molecular flexibility index (Phi) is 5.83. The second-order valence-electron chi connectivity index (χ2n) is 5.46. The highest BCUT2D eigenvalue weighted by atomic mass is 16.6. The van der Waals surface area contributed by atoms with E-state index in [1.165, 1.54) is 38.5 Å². The van der Waals surface area contributed by atoms with Gasteiger partial charge in [0.1, 0.15) is 12.1 Å². The Labute approximate surface area is 164 Å². The third kappa shape index (κ3) is 4.38. The van der Waals surface area contributed by atoms with Crippen LogP contribution in [0.5, 0.6) is 29.0 Å². The lowest BCUT2D eigenvalue weighted by Gasteiger charge is -2.11. The first-order chi connectivity index (χ1) is 14.0. The largest absolute Gasteiger partial charge is 0.493 e. The Morgan fingerprint density at radius 1 is 0.931 bits per heavy atom. The van der Waals surface area contributed by atoms with Crippen LogP contribution in [0.15, 0.2) is 54.9 Å². The first-order valence-electron chi connectivity index (χ1n) is 8.20. The third-order valence-corrected chi connectivity index (χ3v) is 3.70. The monoisotopic (exact) mass is 397 g/mol. The van der Waals surface area contributed by atoms with Gasteiger partial charge in [-0.15, -0.1) is 0 Å². The van der Waals surface area contributed by atoms with Crippen molar-refractivity contribution in [2.75, 3.05) is 14.2 Å². The molecule has 0 aliphatic rings. The van der Waals surface area contributed by atoms with Gasteiger partial charge in [0.2, 0.25) is 0 Å². The average molecular weight is 397 g/mol. The van der Waals surface area contributed by atoms with Gasteiger partial charge in [-0.25, -0.2) is 4.79 Å². The van der Waals surface area contributed by atoms with E-state index in [1.54, 1.807) is 24.3 Å². The summed E-state index contributed by atoms with van der Waals surface area (Å²) in [5, 5.41) is 11.6. The van der Waals surface area contributed by atoms with Gasteiger partial charge in [-0.05, 0) is 36.4 Å². The molecule has 0 unspecified atom stereocenters. The number of hydrogen-bond donors (Lipinski definition) is 0. The van der Waals surface area contributed by atoms with E-state index in [4.69, 9.17) is 14.2 Å². The summed E-state index contributed by atoms with van der Waals surface area (Å²) >= 11 is 0. The summed E-state index contributed by atoms with van der Waals surface area (Å²) in [6.07, 6.45) is 1.08. The zero-order valence-corrected chi connectivity index (χ0v) is 15.4. The molecule has 0 atom stereocenters. The predicted octanol–water partition coefficient (Wildman–Crippen LogP) is 3.76. The van der Waals surface area contributed by atoms with Gasteiger partial charge < -0.3 is 18.9 Å². The fourth-order valence-corrected chi connectivity index (χ4v) is 2.35. The highest BCUT2D eigenvalue weighted by Crippen LogP contribution is 2.39. The molecule has 0 aliphatic carbocycles. The molecule has 0 fully saturated rings. The Hall–Kier alpha value is -4.21. The van der Waals surface area contributed by atoms with Crippen molar-refractivity contribution in [1.29, 1.82) is 0 Å². The van der Waals surface area contributed by atoms with Gasteiger partial charge in [0.15, 0.2) is 11.5 Å². The topological polar surface area (TPSA) is 123 Å². The van der Waals surface area contributed by atoms with Crippen LogP contribution < -0.4 is 14.2 Å². The third-order valence-electron chi connectivity index (χ3n) is 3.70. The fraction of sp³-hybridized carbons (Fsp3) is 0.105. The van der Waals surface area contributed by atoms with Gasteiger partial charge in [-0.1, -0.05) is 12.1 Å². The van der Waals surface area contributed by atoms with E-state index in [0.29, 0.717) is 11.3 Å². The quantitative estimate of drug-likeness (QED) is 0.333. The Morgan fingerprint density at radius 2 is 1.55 bits per heavy atom. The highest BCUT2D eigenvalue weighted by Gasteiger charge is 2.27. The van der Waals surface area contributed by atoms with Gasteiger partial charge in [-0.3, -0.25) is 10.1 Å². The minimum absolute atomic E-state index is 0.225. The summed E-state index contributed by atoms with van der Waals surface area (Å²) in [6, 6.07) is 12.5. The van der Waals surface area contributed by atoms with Gasteiger partial charge in [0.25, 0.3) is 0 Å². The maximum atomic E-state index is 11.6. The molecule has 3 rings (SSSR count). The number of nitrogens with zero attached hydrogens (tertiary/aromatic N) is 3. The standard InChI is InChI=1S/C19H15N3O7/c1-26-14-5-3-4-6-15(14)29-18-16(22(24)25)17(20-11-21-18)28-13-9-7-12(8-10-13)19(23)27-2/h3-11H,1-2H3. The summed E-state index contributed by atoms with van der Waals surface area (Å²) < 4.78 is 20.9. The van der Waals surface area contributed by atoms with Crippen LogP contribution in [0.1, 0.15) is 10.4 Å². The van der Waals surface area contributed by atoms with Crippen molar-refractivity contribution in [3.05, 3.63) is 70.5 Å². The molecule has 10 nitrogen and oxygen atoms in total. The molecular formula is C19H15N3O7. The van der Waals surface area contributed by atoms with Gasteiger partial charge in [-0.2, -0.15) is 9.97 Å². The number of hydrogen-bond acceptors (Lipinski definition) is 9. The molecule has 0 saturated carbocycles. The Balaban J connectivity index is 1.93. The SMILES string of the molecule is COC(=O)c1ccc(Oc2ncnc(Oc3ccccc3OC)c2[N+](=O)[O-])cc1. The van der Waals surface area contributed by atoms with Crippen molar-refractivity contribution >= 4 is 11.7 Å². The van der Waals surface area contributed by atoms with E-state index < -0.39 is 16.6 Å². The van der Waals surface area contributed by atoms with Crippen LogP contribution in [0.2, 0.25) is 0 Å². The Morgan fingerprint density at radius 3 is 2.14 bits per heavy atom. The fourth-order valence-electron chi connectivity index (χ4n) is 2.35. The zero-order valence-electron chi connectivity index (χ0n) is 15.4. The molecule has 10 heteroatoms. The van der Waals surface area contributed by atoms with E-state index in [9.17, 15) is 14.9 Å². The number of carbonyl (C=O) groups excluding carboxylic acids is 1. The Bertz CT molecular complexity index is 1040. The lowest BCUT2D eigenvalue weighted by molar-refractivity contribution is -0.387. The lowest BCUT2D eigenvalue weighted by Crippen LogP contribution is -2.02. The minimum atomic E-state index is -0.705. The molecule has 0 bridgehead atoms. The minimum Gasteiger partial charge on any atom is -0.493 e. The van der Waals surface area contributed by atoms with Crippen molar-refractivity contribution < 1.29 is 28.7 Å². The molecule has 148 valence electrons. The summed E-state index contributed by atoms with van der Waals surface area (Å²) in [5.74, 6) is -0.303. The number of benzene rings is 2. The van der Waals surface area contributed by atoms with E-state index >= 15 is 0 Å². The summed E-state index contributed by atoms with van der Waals surface area (Å²) in [4.78, 5) is 30.1. The molecule has 29 heavy (non-hydrogen) atoms. The molecule has 0 amide bonds. The van der Waals surface area contributed by atoms with E-state index in [-0.39, 0.29) is 23.3 Å². The maximum absolute atomic E-state index is 11.6. The number of rotatable bonds is 7.